The van der Waals surface area contributed by atoms with Crippen LogP contribution in [0.25, 0.3) is 0 Å². The third-order valence-electron chi connectivity index (χ3n) is 6.01. The molecule has 0 saturated carbocycles. The number of carbonyl (C=O) groups is 2. The minimum Gasteiger partial charge on any atom is -0.340 e. The molecule has 1 aromatic rings. The average molecular weight is 341 g/mol. The fourth-order valence-corrected chi connectivity index (χ4v) is 4.48. The van der Waals surface area contributed by atoms with E-state index in [1.165, 1.54) is 31.4 Å². The van der Waals surface area contributed by atoms with E-state index >= 15 is 0 Å². The molecule has 2 atom stereocenters. The number of fused-ring (bicyclic) bond motifs is 2. The molecular formula is C20H27N3O2. The maximum Gasteiger partial charge on any atom is 0.227 e. The van der Waals surface area contributed by atoms with Gasteiger partial charge in [-0.1, -0.05) is 24.6 Å². The first-order valence-corrected chi connectivity index (χ1v) is 9.61. The van der Waals surface area contributed by atoms with Crippen molar-refractivity contribution in [1.29, 1.82) is 0 Å². The molecule has 1 N–H and O–H groups in total. The highest BCUT2D eigenvalue weighted by Gasteiger charge is 2.32. The van der Waals surface area contributed by atoms with E-state index in [2.05, 4.69) is 16.3 Å². The van der Waals surface area contributed by atoms with E-state index in [0.29, 0.717) is 18.9 Å². The van der Waals surface area contributed by atoms with Crippen LogP contribution in [0.5, 0.6) is 0 Å². The van der Waals surface area contributed by atoms with Crippen LogP contribution in [0.1, 0.15) is 37.7 Å². The molecule has 2 amide bonds. The number of para-hydroxylation sites is 1. The van der Waals surface area contributed by atoms with Gasteiger partial charge in [0.25, 0.3) is 0 Å². The molecule has 3 aliphatic rings. The summed E-state index contributed by atoms with van der Waals surface area (Å²) in [5.41, 5.74) is 2.10. The predicted octanol–water partition coefficient (Wildman–Crippen LogP) is 2.27. The summed E-state index contributed by atoms with van der Waals surface area (Å²) < 4.78 is 0. The molecule has 0 aliphatic carbocycles. The van der Waals surface area contributed by atoms with Gasteiger partial charge in [0.2, 0.25) is 11.8 Å². The number of piperidine rings is 1. The third-order valence-corrected chi connectivity index (χ3v) is 6.01. The van der Waals surface area contributed by atoms with Gasteiger partial charge in [0, 0.05) is 43.7 Å². The number of anilines is 1. The van der Waals surface area contributed by atoms with E-state index in [1.54, 1.807) is 0 Å². The third kappa shape index (κ3) is 3.56. The molecule has 3 heterocycles. The van der Waals surface area contributed by atoms with Crippen LogP contribution >= 0.6 is 0 Å². The van der Waals surface area contributed by atoms with E-state index in [1.807, 2.05) is 23.1 Å². The zero-order chi connectivity index (χ0) is 17.2. The quantitative estimate of drug-likeness (QED) is 0.918. The van der Waals surface area contributed by atoms with Crippen molar-refractivity contribution in [2.45, 2.75) is 44.6 Å². The van der Waals surface area contributed by atoms with Crippen LogP contribution < -0.4 is 5.32 Å². The highest BCUT2D eigenvalue weighted by atomic mass is 16.2. The lowest BCUT2D eigenvalue weighted by molar-refractivity contribution is -0.135. The molecule has 0 radical (unpaired) electrons. The first-order valence-electron chi connectivity index (χ1n) is 9.61. The van der Waals surface area contributed by atoms with E-state index in [4.69, 9.17) is 0 Å². The number of hydrogen-bond acceptors (Lipinski definition) is 3. The van der Waals surface area contributed by atoms with Crippen LogP contribution in [0, 0.1) is 5.92 Å². The normalized spacial score (nSPS) is 26.6. The van der Waals surface area contributed by atoms with Crippen molar-refractivity contribution in [2.24, 2.45) is 5.92 Å². The minimum absolute atomic E-state index is 0.0589. The second-order valence-electron chi connectivity index (χ2n) is 7.61. The second-order valence-corrected chi connectivity index (χ2v) is 7.61. The van der Waals surface area contributed by atoms with Gasteiger partial charge in [-0.15, -0.1) is 0 Å². The van der Waals surface area contributed by atoms with Gasteiger partial charge in [0.15, 0.2) is 0 Å². The summed E-state index contributed by atoms with van der Waals surface area (Å²) in [6.45, 7) is 3.91. The zero-order valence-corrected chi connectivity index (χ0v) is 14.7. The molecule has 4 rings (SSSR count). The van der Waals surface area contributed by atoms with Gasteiger partial charge in [-0.2, -0.15) is 0 Å². The molecule has 25 heavy (non-hydrogen) atoms. The number of benzene rings is 1. The Morgan fingerprint density at radius 2 is 2.04 bits per heavy atom. The van der Waals surface area contributed by atoms with Crippen LogP contribution in [-0.4, -0.2) is 53.8 Å². The van der Waals surface area contributed by atoms with E-state index in [0.717, 1.165) is 31.7 Å². The Hall–Kier alpha value is -1.88. The summed E-state index contributed by atoms with van der Waals surface area (Å²) >= 11 is 0. The summed E-state index contributed by atoms with van der Waals surface area (Å²) in [5.74, 6) is 0.190. The van der Waals surface area contributed by atoms with E-state index < -0.39 is 0 Å². The van der Waals surface area contributed by atoms with Crippen molar-refractivity contribution in [3.05, 3.63) is 29.8 Å². The molecule has 5 nitrogen and oxygen atoms in total. The maximum absolute atomic E-state index is 12.6. The van der Waals surface area contributed by atoms with Crippen molar-refractivity contribution < 1.29 is 9.59 Å². The van der Waals surface area contributed by atoms with Crippen molar-refractivity contribution >= 4 is 17.5 Å². The molecular weight excluding hydrogens is 314 g/mol. The van der Waals surface area contributed by atoms with Crippen molar-refractivity contribution in [2.75, 3.05) is 31.5 Å². The Labute approximate surface area is 149 Å². The monoisotopic (exact) mass is 341 g/mol. The summed E-state index contributed by atoms with van der Waals surface area (Å²) in [6.07, 6.45) is 5.65. The van der Waals surface area contributed by atoms with Crippen LogP contribution in [-0.2, 0) is 16.0 Å². The Balaban J connectivity index is 1.31. The fourth-order valence-electron chi connectivity index (χ4n) is 4.48. The SMILES string of the molecule is O=C1Nc2ccccc2CC1CCC(=O)N1CCN2CCCCC2C1. The molecule has 1 aromatic carbocycles. The summed E-state index contributed by atoms with van der Waals surface area (Å²) in [6, 6.07) is 8.50. The predicted molar refractivity (Wildman–Crippen MR) is 97.3 cm³/mol. The minimum atomic E-state index is -0.0881. The Bertz CT molecular complexity index is 660. The molecule has 134 valence electrons. The van der Waals surface area contributed by atoms with Crippen molar-refractivity contribution in [3.63, 3.8) is 0 Å². The number of rotatable bonds is 3. The number of hydrogen-bond donors (Lipinski definition) is 1. The number of carbonyl (C=O) groups excluding carboxylic acids is 2. The first-order chi connectivity index (χ1) is 12.2. The molecule has 2 unspecified atom stereocenters. The average Bonchev–Trinajstić information content (AvgIpc) is 2.65. The van der Waals surface area contributed by atoms with Gasteiger partial charge in [-0.3, -0.25) is 14.5 Å². The van der Waals surface area contributed by atoms with Crippen LogP contribution in [0.15, 0.2) is 24.3 Å². The topological polar surface area (TPSA) is 52.7 Å². The molecule has 0 aromatic heterocycles. The van der Waals surface area contributed by atoms with Gasteiger partial charge in [0.05, 0.1) is 0 Å². The molecule has 0 spiro atoms. The Morgan fingerprint density at radius 3 is 2.96 bits per heavy atom. The van der Waals surface area contributed by atoms with Gasteiger partial charge < -0.3 is 10.2 Å². The van der Waals surface area contributed by atoms with E-state index in [-0.39, 0.29) is 17.7 Å². The number of nitrogens with zero attached hydrogens (tertiary/aromatic N) is 2. The number of amides is 2. The van der Waals surface area contributed by atoms with Crippen molar-refractivity contribution in [1.82, 2.24) is 9.80 Å². The molecule has 2 saturated heterocycles. The largest absolute Gasteiger partial charge is 0.340 e. The lowest BCUT2D eigenvalue weighted by atomic mass is 9.89. The highest BCUT2D eigenvalue weighted by Crippen LogP contribution is 2.28. The van der Waals surface area contributed by atoms with Crippen molar-refractivity contribution in [3.8, 4) is 0 Å². The van der Waals surface area contributed by atoms with Crippen LogP contribution in [0.4, 0.5) is 5.69 Å². The summed E-state index contributed by atoms with van der Waals surface area (Å²) in [4.78, 5) is 29.5. The number of piperazine rings is 1. The zero-order valence-electron chi connectivity index (χ0n) is 14.7. The summed E-state index contributed by atoms with van der Waals surface area (Å²) in [5, 5.41) is 2.98. The van der Waals surface area contributed by atoms with E-state index in [9.17, 15) is 9.59 Å². The molecule has 5 heteroatoms. The highest BCUT2D eigenvalue weighted by molar-refractivity contribution is 5.96. The van der Waals surface area contributed by atoms with Gasteiger partial charge in [-0.25, -0.2) is 0 Å². The van der Waals surface area contributed by atoms with Gasteiger partial charge in [0.1, 0.15) is 0 Å². The second kappa shape index (κ2) is 7.16. The smallest absolute Gasteiger partial charge is 0.227 e. The van der Waals surface area contributed by atoms with Crippen LogP contribution in [0.3, 0.4) is 0 Å². The fraction of sp³-hybridized carbons (Fsp3) is 0.600. The number of nitrogens with one attached hydrogen (secondary N) is 1. The molecule has 3 aliphatic heterocycles. The van der Waals surface area contributed by atoms with Crippen LogP contribution in [0.2, 0.25) is 0 Å². The Kier molecular flexibility index (Phi) is 4.75. The first kappa shape index (κ1) is 16.6. The molecule has 0 bridgehead atoms. The lowest BCUT2D eigenvalue weighted by Gasteiger charge is -2.44. The standard InChI is InChI=1S/C20H27N3O2/c24-19(23-12-11-22-10-4-3-6-17(22)14-23)9-8-16-13-15-5-1-2-7-18(15)21-20(16)25/h1-2,5,7,16-17H,3-4,6,8-14H2,(H,21,25). The maximum atomic E-state index is 12.6. The van der Waals surface area contributed by atoms with Gasteiger partial charge in [-0.05, 0) is 43.9 Å². The van der Waals surface area contributed by atoms with Gasteiger partial charge >= 0.3 is 0 Å². The molecule has 2 fully saturated rings. The summed E-state index contributed by atoms with van der Waals surface area (Å²) in [7, 11) is 0. The lowest BCUT2D eigenvalue weighted by Crippen LogP contribution is -2.56. The Morgan fingerprint density at radius 1 is 1.16 bits per heavy atom.